The van der Waals surface area contributed by atoms with Crippen LogP contribution in [-0.2, 0) is 9.53 Å². The molecule has 0 aromatic heterocycles. The van der Waals surface area contributed by atoms with Gasteiger partial charge < -0.3 is 9.84 Å². The second kappa shape index (κ2) is 6.40. The van der Waals surface area contributed by atoms with Crippen LogP contribution in [0.25, 0.3) is 0 Å². The second-order valence-electron chi connectivity index (χ2n) is 5.86. The summed E-state index contributed by atoms with van der Waals surface area (Å²) in [4.78, 5) is 12.0. The topological polar surface area (TPSA) is 46.5 Å². The maximum Gasteiger partial charge on any atom is 0.205 e. The lowest BCUT2D eigenvalue weighted by atomic mass is 9.77. The highest BCUT2D eigenvalue weighted by molar-refractivity contribution is 6.13. The van der Waals surface area contributed by atoms with Crippen LogP contribution in [0, 0.1) is 0 Å². The summed E-state index contributed by atoms with van der Waals surface area (Å²) in [5, 5.41) is 10.1. The fraction of sp³-hybridized carbons (Fsp3) is 0.588. The molecule has 0 fully saturated rings. The molecule has 0 radical (unpaired) electrons. The van der Waals surface area contributed by atoms with Gasteiger partial charge in [0, 0.05) is 0 Å². The van der Waals surface area contributed by atoms with Gasteiger partial charge in [0.05, 0.1) is 11.7 Å². The van der Waals surface area contributed by atoms with Crippen LogP contribution in [0.3, 0.4) is 0 Å². The Morgan fingerprint density at radius 3 is 2.55 bits per heavy atom. The van der Waals surface area contributed by atoms with E-state index in [4.69, 9.17) is 4.74 Å². The summed E-state index contributed by atoms with van der Waals surface area (Å²) in [6, 6.07) is 0. The molecule has 20 heavy (non-hydrogen) atoms. The van der Waals surface area contributed by atoms with Crippen molar-refractivity contribution in [2.45, 2.75) is 65.6 Å². The maximum atomic E-state index is 12.0. The number of unbranched alkanes of at least 4 members (excludes halogenated alkanes) is 1. The molecule has 1 rings (SSSR count). The van der Waals surface area contributed by atoms with Gasteiger partial charge in [0.1, 0.15) is 5.76 Å². The van der Waals surface area contributed by atoms with Crippen LogP contribution in [-0.4, -0.2) is 22.6 Å². The third kappa shape index (κ3) is 3.40. The molecule has 1 aliphatic carbocycles. The summed E-state index contributed by atoms with van der Waals surface area (Å²) in [6.07, 6.45) is 4.79. The summed E-state index contributed by atoms with van der Waals surface area (Å²) in [5.41, 5.74) is 1.00. The number of Topliss-reactive ketones (excluding diaryl/α,β-unsaturated/α-hetero) is 1. The van der Waals surface area contributed by atoms with Crippen LogP contribution in [0.4, 0.5) is 0 Å². The first-order valence-electron chi connectivity index (χ1n) is 7.26. The van der Waals surface area contributed by atoms with Crippen molar-refractivity contribution in [3.8, 4) is 0 Å². The lowest BCUT2D eigenvalue weighted by Crippen LogP contribution is -2.49. The van der Waals surface area contributed by atoms with Crippen molar-refractivity contribution in [3.63, 3.8) is 0 Å². The molecule has 0 saturated carbocycles. The molecular formula is C17H26O3. The lowest BCUT2D eigenvalue weighted by Gasteiger charge is -2.36. The Morgan fingerprint density at radius 2 is 2.10 bits per heavy atom. The van der Waals surface area contributed by atoms with Gasteiger partial charge in [0.2, 0.25) is 5.78 Å². The van der Waals surface area contributed by atoms with Crippen molar-refractivity contribution in [2.75, 3.05) is 0 Å². The zero-order valence-corrected chi connectivity index (χ0v) is 13.2. The number of aliphatic hydroxyl groups is 1. The Bertz CT molecular complexity index is 465. The largest absolute Gasteiger partial charge is 0.491 e. The van der Waals surface area contributed by atoms with Gasteiger partial charge in [0.15, 0.2) is 5.60 Å². The number of carbonyl (C=O) groups excluding carboxylic acids is 1. The molecule has 0 saturated heterocycles. The van der Waals surface area contributed by atoms with Crippen molar-refractivity contribution in [1.29, 1.82) is 0 Å². The second-order valence-corrected chi connectivity index (χ2v) is 5.86. The Balaban J connectivity index is 3.12. The SMILES string of the molecule is C=C(C)/C(=C/C1=C(OC(C)C)C(C)(O)C1=O)CCCC. The normalized spacial score (nSPS) is 23.1. The molecular weight excluding hydrogens is 252 g/mol. The van der Waals surface area contributed by atoms with Gasteiger partial charge in [-0.3, -0.25) is 4.79 Å². The van der Waals surface area contributed by atoms with Crippen molar-refractivity contribution < 1.29 is 14.6 Å². The van der Waals surface area contributed by atoms with Crippen LogP contribution < -0.4 is 0 Å². The number of hydrogen-bond donors (Lipinski definition) is 1. The summed E-state index contributed by atoms with van der Waals surface area (Å²) in [6.45, 7) is 13.3. The van der Waals surface area contributed by atoms with E-state index in [9.17, 15) is 9.90 Å². The highest BCUT2D eigenvalue weighted by Gasteiger charge is 2.50. The van der Waals surface area contributed by atoms with E-state index in [-0.39, 0.29) is 11.9 Å². The summed E-state index contributed by atoms with van der Waals surface area (Å²) < 4.78 is 5.60. The molecule has 1 aliphatic rings. The third-order valence-corrected chi connectivity index (χ3v) is 3.39. The van der Waals surface area contributed by atoms with E-state index in [1.54, 1.807) is 0 Å². The van der Waals surface area contributed by atoms with Gasteiger partial charge in [0.25, 0.3) is 0 Å². The number of hydrogen-bond acceptors (Lipinski definition) is 3. The van der Waals surface area contributed by atoms with Crippen LogP contribution in [0.15, 0.2) is 35.1 Å². The first kappa shape index (κ1) is 16.7. The lowest BCUT2D eigenvalue weighted by molar-refractivity contribution is -0.138. The minimum absolute atomic E-state index is 0.0723. The van der Waals surface area contributed by atoms with Crippen LogP contribution in [0.1, 0.15) is 53.9 Å². The van der Waals surface area contributed by atoms with Crippen molar-refractivity contribution in [3.05, 3.63) is 35.1 Å². The average molecular weight is 278 g/mol. The van der Waals surface area contributed by atoms with E-state index in [2.05, 4.69) is 13.5 Å². The van der Waals surface area contributed by atoms with Crippen LogP contribution >= 0.6 is 0 Å². The molecule has 1 atom stereocenters. The quantitative estimate of drug-likeness (QED) is 0.722. The number of ether oxygens (including phenoxy) is 1. The summed E-state index contributed by atoms with van der Waals surface area (Å²) in [5.74, 6) is 0.108. The minimum atomic E-state index is -1.49. The van der Waals surface area contributed by atoms with E-state index in [1.165, 1.54) is 6.92 Å². The molecule has 112 valence electrons. The molecule has 1 unspecified atom stereocenters. The molecule has 3 heteroatoms. The van der Waals surface area contributed by atoms with E-state index in [1.807, 2.05) is 26.8 Å². The molecule has 0 aliphatic heterocycles. The van der Waals surface area contributed by atoms with Crippen LogP contribution in [0.2, 0.25) is 0 Å². The van der Waals surface area contributed by atoms with Gasteiger partial charge >= 0.3 is 0 Å². The Labute approximate surface area is 122 Å². The van der Waals surface area contributed by atoms with E-state index in [0.29, 0.717) is 11.3 Å². The predicted octanol–water partition coefficient (Wildman–Crippen LogP) is 3.69. The predicted molar refractivity (Wildman–Crippen MR) is 81.3 cm³/mol. The van der Waals surface area contributed by atoms with Gasteiger partial charge in [-0.25, -0.2) is 0 Å². The Morgan fingerprint density at radius 1 is 1.50 bits per heavy atom. The fourth-order valence-electron chi connectivity index (χ4n) is 2.16. The number of allylic oxidation sites excluding steroid dienone is 3. The molecule has 0 aromatic rings. The standard InChI is InChI=1S/C17H26O3/c1-7-8-9-13(11(2)3)10-14-15(18)17(6,19)16(14)20-12(4)5/h10,12,19H,2,7-9H2,1,3-6H3/b13-10+. The van der Waals surface area contributed by atoms with Gasteiger partial charge in [-0.05, 0) is 52.2 Å². The van der Waals surface area contributed by atoms with E-state index >= 15 is 0 Å². The maximum absolute atomic E-state index is 12.0. The van der Waals surface area contributed by atoms with Crippen molar-refractivity contribution >= 4 is 5.78 Å². The van der Waals surface area contributed by atoms with Gasteiger partial charge in [-0.2, -0.15) is 0 Å². The number of rotatable bonds is 7. The molecule has 0 heterocycles. The zero-order valence-electron chi connectivity index (χ0n) is 13.2. The Hall–Kier alpha value is -1.35. The highest BCUT2D eigenvalue weighted by atomic mass is 16.5. The number of ketones is 1. The Kier molecular flexibility index (Phi) is 5.35. The minimum Gasteiger partial charge on any atom is -0.491 e. The van der Waals surface area contributed by atoms with Gasteiger partial charge in [-0.15, -0.1) is 0 Å². The highest BCUT2D eigenvalue weighted by Crippen LogP contribution is 2.38. The molecule has 1 N–H and O–H groups in total. The first-order chi connectivity index (χ1) is 9.21. The zero-order chi connectivity index (χ0) is 15.5. The summed E-state index contributed by atoms with van der Waals surface area (Å²) >= 11 is 0. The fourth-order valence-corrected chi connectivity index (χ4v) is 2.16. The first-order valence-corrected chi connectivity index (χ1v) is 7.26. The molecule has 0 bridgehead atoms. The van der Waals surface area contributed by atoms with Crippen LogP contribution in [0.5, 0.6) is 0 Å². The molecule has 0 spiro atoms. The monoisotopic (exact) mass is 278 g/mol. The van der Waals surface area contributed by atoms with E-state index < -0.39 is 5.60 Å². The molecule has 0 aromatic carbocycles. The van der Waals surface area contributed by atoms with E-state index in [0.717, 1.165) is 30.4 Å². The van der Waals surface area contributed by atoms with Gasteiger partial charge in [-0.1, -0.05) is 25.5 Å². The number of carbonyl (C=O) groups is 1. The smallest absolute Gasteiger partial charge is 0.205 e. The molecule has 3 nitrogen and oxygen atoms in total. The molecule has 0 amide bonds. The average Bonchev–Trinajstić information content (AvgIpc) is 2.36. The summed E-state index contributed by atoms with van der Waals surface area (Å²) in [7, 11) is 0. The van der Waals surface area contributed by atoms with Crippen molar-refractivity contribution in [1.82, 2.24) is 0 Å². The third-order valence-electron chi connectivity index (χ3n) is 3.39. The van der Waals surface area contributed by atoms with Crippen molar-refractivity contribution in [2.24, 2.45) is 0 Å².